The Labute approximate surface area is 264 Å². The van der Waals surface area contributed by atoms with Crippen LogP contribution in [-0.4, -0.2) is 64.3 Å². The number of hydrogen-bond acceptors (Lipinski definition) is 8. The van der Waals surface area contributed by atoms with E-state index >= 15 is 8.78 Å². The Kier molecular flexibility index (Phi) is 6.89. The van der Waals surface area contributed by atoms with Crippen LogP contribution in [0.2, 0.25) is 5.02 Å². The molecule has 1 aliphatic heterocycles. The first-order valence-corrected chi connectivity index (χ1v) is 15.5. The lowest BCUT2D eigenvalue weighted by atomic mass is 9.44. The molecule has 4 fully saturated rings. The number of allylic oxidation sites excluding steroid dienone is 4. The number of aliphatic hydroxyl groups excluding tert-OH is 1. The molecule has 3 saturated carbocycles. The first-order chi connectivity index (χ1) is 21.3. The summed E-state index contributed by atoms with van der Waals surface area (Å²) in [5.74, 6) is -3.68. The summed E-state index contributed by atoms with van der Waals surface area (Å²) in [7, 11) is 0. The Morgan fingerprint density at radius 3 is 2.56 bits per heavy atom. The van der Waals surface area contributed by atoms with E-state index in [9.17, 15) is 19.5 Å². The minimum Gasteiger partial charge on any atom is -0.454 e. The third-order valence-electron chi connectivity index (χ3n) is 11.4. The number of esters is 1. The zero-order valence-corrected chi connectivity index (χ0v) is 25.5. The monoisotopic (exact) mass is 638 g/mol. The van der Waals surface area contributed by atoms with Crippen LogP contribution >= 0.6 is 11.6 Å². The van der Waals surface area contributed by atoms with Gasteiger partial charge in [-0.25, -0.2) is 13.6 Å². The molecule has 1 aromatic carbocycles. The van der Waals surface area contributed by atoms with Crippen LogP contribution in [0.1, 0.15) is 43.5 Å². The van der Waals surface area contributed by atoms with Gasteiger partial charge in [-0.3, -0.25) is 24.5 Å². The van der Waals surface area contributed by atoms with Gasteiger partial charge >= 0.3 is 5.97 Å². The second-order valence-electron chi connectivity index (χ2n) is 13.4. The standard InChI is InChI=1S/C34H33ClF2N2O6/c1-31-10-7-23(40)14-26(31)27(36)15-25-24-13-20-17-39(22-5-3-21(35)4-6-22)45-34(20,32(24,2)16-28(41)33(25,31)37)29(42)18-44-30(43)19-8-11-38-12-9-19/h3-12,14,20,24-25,27-28,41H,13,15-18H2,1-2H3/t20-,24-,25?,27-,28-,31-,32-,33-,34-/m0/s1. The van der Waals surface area contributed by atoms with Crippen molar-refractivity contribution in [3.05, 3.63) is 83.2 Å². The van der Waals surface area contributed by atoms with Gasteiger partial charge in [-0.15, -0.1) is 0 Å². The third-order valence-corrected chi connectivity index (χ3v) is 11.7. The fraction of sp³-hybridized carbons (Fsp3) is 0.471. The van der Waals surface area contributed by atoms with Crippen LogP contribution in [0.25, 0.3) is 0 Å². The van der Waals surface area contributed by atoms with Crippen molar-refractivity contribution < 1.29 is 37.8 Å². The number of pyridine rings is 1. The Hall–Kier alpha value is -3.47. The quantitative estimate of drug-likeness (QED) is 0.446. The number of fused-ring (bicyclic) bond motifs is 7. The molecule has 236 valence electrons. The Morgan fingerprint density at radius 1 is 1.13 bits per heavy atom. The molecule has 4 aliphatic carbocycles. The number of nitrogens with zero attached hydrogens (tertiary/aromatic N) is 2. The molecule has 11 heteroatoms. The molecule has 0 bridgehead atoms. The molecule has 1 aromatic heterocycles. The van der Waals surface area contributed by atoms with Crippen LogP contribution in [0.4, 0.5) is 14.5 Å². The van der Waals surface area contributed by atoms with Crippen molar-refractivity contribution in [1.29, 1.82) is 0 Å². The largest absolute Gasteiger partial charge is 0.454 e. The van der Waals surface area contributed by atoms with Gasteiger partial charge in [-0.1, -0.05) is 24.6 Å². The zero-order valence-electron chi connectivity index (χ0n) is 24.8. The average Bonchev–Trinajstić information content (AvgIpc) is 3.52. The van der Waals surface area contributed by atoms with Gasteiger partial charge in [0.1, 0.15) is 6.17 Å². The number of Topliss-reactive ketones (excluding diaryl/α,β-unsaturated/α-hetero) is 1. The first-order valence-electron chi connectivity index (χ1n) is 15.1. The summed E-state index contributed by atoms with van der Waals surface area (Å²) in [6.07, 6.45) is 3.35. The Morgan fingerprint density at radius 2 is 1.84 bits per heavy atom. The van der Waals surface area contributed by atoms with Gasteiger partial charge in [-0.05, 0) is 86.2 Å². The maximum atomic E-state index is 17.7. The second kappa shape index (κ2) is 10.3. The number of hydrogen-bond donors (Lipinski definition) is 1. The van der Waals surface area contributed by atoms with Crippen LogP contribution in [0.3, 0.4) is 0 Å². The predicted molar refractivity (Wildman–Crippen MR) is 160 cm³/mol. The van der Waals surface area contributed by atoms with Gasteiger partial charge in [0.25, 0.3) is 0 Å². The highest BCUT2D eigenvalue weighted by Gasteiger charge is 2.79. The number of anilines is 1. The van der Waals surface area contributed by atoms with E-state index in [0.29, 0.717) is 17.1 Å². The van der Waals surface area contributed by atoms with E-state index in [1.54, 1.807) is 43.2 Å². The predicted octanol–water partition coefficient (Wildman–Crippen LogP) is 5.20. The molecule has 0 spiro atoms. The Balaban J connectivity index is 1.28. The maximum Gasteiger partial charge on any atom is 0.338 e. The van der Waals surface area contributed by atoms with E-state index in [1.165, 1.54) is 36.7 Å². The molecule has 1 unspecified atom stereocenters. The van der Waals surface area contributed by atoms with Crippen molar-refractivity contribution in [1.82, 2.24) is 4.98 Å². The number of carbonyl (C=O) groups is 3. The number of carbonyl (C=O) groups excluding carboxylic acids is 3. The number of rotatable bonds is 5. The summed E-state index contributed by atoms with van der Waals surface area (Å²) >= 11 is 6.11. The van der Waals surface area contributed by atoms with Crippen molar-refractivity contribution in [2.24, 2.45) is 28.6 Å². The van der Waals surface area contributed by atoms with Crippen LogP contribution in [0, 0.1) is 28.6 Å². The minimum absolute atomic E-state index is 0.0357. The van der Waals surface area contributed by atoms with E-state index in [2.05, 4.69) is 4.98 Å². The van der Waals surface area contributed by atoms with E-state index in [-0.39, 0.29) is 30.5 Å². The molecular weight excluding hydrogens is 606 g/mol. The van der Waals surface area contributed by atoms with Crippen LogP contribution in [0.15, 0.2) is 72.6 Å². The number of alkyl halides is 2. The lowest BCUT2D eigenvalue weighted by Gasteiger charge is -2.63. The highest BCUT2D eigenvalue weighted by Crippen LogP contribution is 2.72. The average molecular weight is 639 g/mol. The highest BCUT2D eigenvalue weighted by molar-refractivity contribution is 6.30. The van der Waals surface area contributed by atoms with Crippen LogP contribution in [-0.2, 0) is 19.2 Å². The molecule has 5 aliphatic rings. The molecule has 1 saturated heterocycles. The highest BCUT2D eigenvalue weighted by atomic mass is 35.5. The molecule has 2 heterocycles. The molecule has 0 radical (unpaired) electrons. The SMILES string of the molecule is C[C@]12C=CC(=O)C=C1[C@@H](F)CC1[C@@H]3C[C@H]4CN(c5ccc(Cl)cc5)O[C@@]4(C(=O)COC(=O)c4ccncc4)[C@@]3(C)C[C@H](O)[C@@]12F. The van der Waals surface area contributed by atoms with Crippen LogP contribution < -0.4 is 5.06 Å². The number of hydroxylamine groups is 1. The van der Waals surface area contributed by atoms with Gasteiger partial charge in [0, 0.05) is 40.1 Å². The summed E-state index contributed by atoms with van der Waals surface area (Å²) < 4.78 is 39.1. The molecule has 1 N–H and O–H groups in total. The third kappa shape index (κ3) is 4.07. The number of ether oxygens (including phenoxy) is 1. The number of aliphatic hydroxyl groups is 1. The van der Waals surface area contributed by atoms with Crippen molar-refractivity contribution in [2.75, 3.05) is 18.2 Å². The number of aromatic nitrogens is 1. The van der Waals surface area contributed by atoms with Crippen LogP contribution in [0.5, 0.6) is 0 Å². The maximum absolute atomic E-state index is 17.7. The van der Waals surface area contributed by atoms with Gasteiger partial charge in [0.05, 0.1) is 23.9 Å². The van der Waals surface area contributed by atoms with Crippen molar-refractivity contribution >= 4 is 34.8 Å². The summed E-state index contributed by atoms with van der Waals surface area (Å²) in [6.45, 7) is 2.99. The van der Waals surface area contributed by atoms with Gasteiger partial charge in [0.15, 0.2) is 23.7 Å². The molecular formula is C34H33ClF2N2O6. The fourth-order valence-electron chi connectivity index (χ4n) is 9.32. The molecule has 2 aromatic rings. The summed E-state index contributed by atoms with van der Waals surface area (Å²) in [4.78, 5) is 50.0. The summed E-state index contributed by atoms with van der Waals surface area (Å²) in [5.41, 5.74) is -5.71. The summed E-state index contributed by atoms with van der Waals surface area (Å²) in [6, 6.07) is 9.86. The molecule has 8 nitrogen and oxygen atoms in total. The van der Waals surface area contributed by atoms with E-state index in [4.69, 9.17) is 21.2 Å². The lowest BCUT2D eigenvalue weighted by molar-refractivity contribution is -0.228. The number of ketones is 2. The van der Waals surface area contributed by atoms with Gasteiger partial charge in [0.2, 0.25) is 5.78 Å². The molecule has 9 atom stereocenters. The summed E-state index contributed by atoms with van der Waals surface area (Å²) in [5, 5.41) is 13.9. The molecule has 45 heavy (non-hydrogen) atoms. The molecule has 0 amide bonds. The number of benzene rings is 1. The first kappa shape index (κ1) is 30.2. The fourth-order valence-corrected chi connectivity index (χ4v) is 9.45. The minimum atomic E-state index is -2.30. The smallest absolute Gasteiger partial charge is 0.338 e. The molecule has 7 rings (SSSR count). The van der Waals surface area contributed by atoms with Crippen molar-refractivity contribution in [2.45, 2.75) is 56.7 Å². The van der Waals surface area contributed by atoms with Gasteiger partial charge in [-0.2, -0.15) is 0 Å². The second-order valence-corrected chi connectivity index (χ2v) is 13.8. The van der Waals surface area contributed by atoms with E-state index < -0.39 is 76.3 Å². The Bertz CT molecular complexity index is 1640. The number of halogens is 3. The van der Waals surface area contributed by atoms with Crippen molar-refractivity contribution in [3.8, 4) is 0 Å². The van der Waals surface area contributed by atoms with Crippen molar-refractivity contribution in [3.63, 3.8) is 0 Å². The van der Waals surface area contributed by atoms with E-state index in [0.717, 1.165) is 6.08 Å². The van der Waals surface area contributed by atoms with Gasteiger partial charge < -0.3 is 9.84 Å². The van der Waals surface area contributed by atoms with E-state index in [1.807, 2.05) is 0 Å². The lowest BCUT2D eigenvalue weighted by Crippen LogP contribution is -2.70. The topological polar surface area (TPSA) is 106 Å². The normalized spacial score (nSPS) is 39.8. The zero-order chi connectivity index (χ0) is 31.9.